The molecule has 0 aliphatic rings. The molecule has 3 rings (SSSR count). The molecule has 0 bridgehead atoms. The third kappa shape index (κ3) is 6.97. The monoisotopic (exact) mass is 489 g/mol. The molecule has 0 heterocycles. The van der Waals surface area contributed by atoms with E-state index in [0.717, 1.165) is 32.0 Å². The molecule has 0 aliphatic heterocycles. The summed E-state index contributed by atoms with van der Waals surface area (Å²) in [4.78, 5) is 0.761. The van der Waals surface area contributed by atoms with Crippen LogP contribution in [0.15, 0.2) is 82.2 Å². The Morgan fingerprint density at radius 1 is 0.800 bits per heavy atom. The Morgan fingerprint density at radius 3 is 1.67 bits per heavy atom. The van der Waals surface area contributed by atoms with Crippen molar-refractivity contribution in [2.45, 2.75) is 31.8 Å². The van der Waals surface area contributed by atoms with Crippen LogP contribution in [-0.2, 0) is 24.1 Å². The lowest BCUT2D eigenvalue weighted by Gasteiger charge is -2.22. The summed E-state index contributed by atoms with van der Waals surface area (Å²) in [6, 6.07) is 23.3. The lowest BCUT2D eigenvalue weighted by Crippen LogP contribution is -2.25. The highest BCUT2D eigenvalue weighted by Gasteiger charge is 2.17. The third-order valence-electron chi connectivity index (χ3n) is 4.27. The quantitative estimate of drug-likeness (QED) is 0.377. The maximum Gasteiger partial charge on any atom is 0.128 e. The summed E-state index contributed by atoms with van der Waals surface area (Å²) >= 11 is 3.46. The van der Waals surface area contributed by atoms with Crippen molar-refractivity contribution in [2.75, 3.05) is 14.2 Å². The zero-order valence-corrected chi connectivity index (χ0v) is 20.2. The molecule has 0 amide bonds. The fourth-order valence-electron chi connectivity index (χ4n) is 2.77. The molecule has 0 saturated heterocycles. The second-order valence-electron chi connectivity index (χ2n) is 6.20. The van der Waals surface area contributed by atoms with Crippen molar-refractivity contribution >= 4 is 26.9 Å². The van der Waals surface area contributed by atoms with Crippen LogP contribution >= 0.6 is 15.9 Å². The Bertz CT molecular complexity index is 880. The van der Waals surface area contributed by atoms with Gasteiger partial charge in [-0.15, -0.1) is 0 Å². The van der Waals surface area contributed by atoms with Crippen molar-refractivity contribution in [3.05, 3.63) is 88.4 Å². The zero-order chi connectivity index (χ0) is 21.9. The van der Waals surface area contributed by atoms with Crippen LogP contribution in [0.4, 0.5) is 0 Å². The Kier molecular flexibility index (Phi) is 10.1. The summed E-state index contributed by atoms with van der Waals surface area (Å²) in [5.41, 5.74) is 2.13. The molecular weight excluding hydrogens is 462 g/mol. The Hall–Kier alpha value is -2.15. The maximum atomic E-state index is 13.3. The highest BCUT2D eigenvalue weighted by atomic mass is 79.9. The molecule has 0 saturated carbocycles. The molecule has 0 N–H and O–H groups in total. The summed E-state index contributed by atoms with van der Waals surface area (Å²) in [5.74, 6) is 1.61. The number of hydrogen-bond acceptors (Lipinski definition) is 3. The van der Waals surface area contributed by atoms with Gasteiger partial charge in [0.15, 0.2) is 0 Å². The van der Waals surface area contributed by atoms with Gasteiger partial charge in [0.25, 0.3) is 0 Å². The molecule has 0 fully saturated rings. The molecule has 0 aliphatic carbocycles. The van der Waals surface area contributed by atoms with Crippen molar-refractivity contribution in [3.63, 3.8) is 0 Å². The van der Waals surface area contributed by atoms with E-state index in [-0.39, 0.29) is 0 Å². The first-order valence-electron chi connectivity index (χ1n) is 9.77. The third-order valence-corrected chi connectivity index (χ3v) is 6.15. The van der Waals surface area contributed by atoms with Crippen LogP contribution in [0.5, 0.6) is 11.5 Å². The highest BCUT2D eigenvalue weighted by molar-refractivity contribution is 9.10. The molecule has 0 spiro atoms. The average molecular weight is 490 g/mol. The number of ether oxygens (including phenoxy) is 2. The summed E-state index contributed by atoms with van der Waals surface area (Å²) in [5, 5.41) is 0. The van der Waals surface area contributed by atoms with Gasteiger partial charge in [0.1, 0.15) is 22.5 Å². The van der Waals surface area contributed by atoms with Crippen LogP contribution in [0.1, 0.15) is 25.0 Å². The maximum absolute atomic E-state index is 13.3. The van der Waals surface area contributed by atoms with Crippen LogP contribution in [-0.4, -0.2) is 22.7 Å². The molecule has 30 heavy (non-hydrogen) atoms. The number of halogens is 1. The first-order chi connectivity index (χ1) is 14.6. The second-order valence-corrected chi connectivity index (χ2v) is 8.60. The van der Waals surface area contributed by atoms with E-state index < -0.39 is 11.0 Å². The molecule has 1 atom stereocenters. The molecular formula is C24H28BrNO3S. The van der Waals surface area contributed by atoms with Gasteiger partial charge in [-0.1, -0.05) is 60.1 Å². The van der Waals surface area contributed by atoms with Gasteiger partial charge in [-0.3, -0.25) is 0 Å². The van der Waals surface area contributed by atoms with E-state index in [0.29, 0.717) is 13.1 Å². The molecule has 3 aromatic rings. The van der Waals surface area contributed by atoms with Gasteiger partial charge in [-0.25, -0.2) is 8.51 Å². The molecule has 0 radical (unpaired) electrons. The van der Waals surface area contributed by atoms with Gasteiger partial charge in [0.2, 0.25) is 0 Å². The molecule has 6 heteroatoms. The highest BCUT2D eigenvalue weighted by Crippen LogP contribution is 2.22. The minimum absolute atomic E-state index is 0.551. The van der Waals surface area contributed by atoms with E-state index in [1.165, 1.54) is 0 Å². The largest absolute Gasteiger partial charge is 0.497 e. The van der Waals surface area contributed by atoms with Crippen LogP contribution in [0.2, 0.25) is 0 Å². The molecule has 160 valence electrons. The summed E-state index contributed by atoms with van der Waals surface area (Å²) < 4.78 is 26.6. The van der Waals surface area contributed by atoms with E-state index in [2.05, 4.69) is 15.9 Å². The fourth-order valence-corrected chi connectivity index (χ4v) is 4.57. The van der Waals surface area contributed by atoms with Crippen molar-refractivity contribution in [1.82, 2.24) is 4.31 Å². The van der Waals surface area contributed by atoms with Crippen LogP contribution in [0.3, 0.4) is 0 Å². The van der Waals surface area contributed by atoms with Crippen LogP contribution in [0, 0.1) is 0 Å². The van der Waals surface area contributed by atoms with Gasteiger partial charge < -0.3 is 9.47 Å². The SMILES string of the molecule is CC.COc1ccc(CN(Cc2ccc(OC)cc2)S(=O)c2cccc(Br)c2)cc1. The van der Waals surface area contributed by atoms with E-state index in [1.807, 2.05) is 90.9 Å². The van der Waals surface area contributed by atoms with Gasteiger partial charge >= 0.3 is 0 Å². The number of nitrogens with zero attached hydrogens (tertiary/aromatic N) is 1. The van der Waals surface area contributed by atoms with E-state index in [9.17, 15) is 4.21 Å². The van der Waals surface area contributed by atoms with Crippen LogP contribution in [0.25, 0.3) is 0 Å². The van der Waals surface area contributed by atoms with E-state index in [1.54, 1.807) is 14.2 Å². The first kappa shape index (κ1) is 24.1. The molecule has 1 unspecified atom stereocenters. The topological polar surface area (TPSA) is 38.8 Å². The number of methoxy groups -OCH3 is 2. The number of benzene rings is 3. The molecule has 3 aromatic carbocycles. The minimum atomic E-state index is -1.31. The lowest BCUT2D eigenvalue weighted by atomic mass is 10.2. The predicted molar refractivity (Wildman–Crippen MR) is 127 cm³/mol. The average Bonchev–Trinajstić information content (AvgIpc) is 2.80. The summed E-state index contributed by atoms with van der Waals surface area (Å²) in [6.07, 6.45) is 0. The first-order valence-corrected chi connectivity index (χ1v) is 11.7. The van der Waals surface area contributed by atoms with Crippen molar-refractivity contribution in [3.8, 4) is 11.5 Å². The second kappa shape index (κ2) is 12.5. The standard InChI is InChI=1S/C22H22BrNO3S.C2H6/c1-26-20-10-6-17(7-11-20)15-24(16-18-8-12-21(27-2)13-9-18)28(25)22-5-3-4-19(23)14-22;1-2/h3-14H,15-16H2,1-2H3;1-2H3. The Balaban J connectivity index is 0.00000155. The minimum Gasteiger partial charge on any atom is -0.497 e. The predicted octanol–water partition coefficient (Wildman–Crippen LogP) is 6.22. The smallest absolute Gasteiger partial charge is 0.128 e. The van der Waals surface area contributed by atoms with Gasteiger partial charge in [0.05, 0.1) is 19.1 Å². The van der Waals surface area contributed by atoms with Crippen molar-refractivity contribution < 1.29 is 13.7 Å². The summed E-state index contributed by atoms with van der Waals surface area (Å²) in [7, 11) is 1.99. The van der Waals surface area contributed by atoms with Crippen molar-refractivity contribution in [1.29, 1.82) is 0 Å². The number of rotatable bonds is 8. The van der Waals surface area contributed by atoms with Gasteiger partial charge in [0, 0.05) is 17.6 Å². The fraction of sp³-hybridized carbons (Fsp3) is 0.250. The Morgan fingerprint density at radius 2 is 1.27 bits per heavy atom. The molecule has 0 aromatic heterocycles. The van der Waals surface area contributed by atoms with E-state index in [4.69, 9.17) is 9.47 Å². The lowest BCUT2D eigenvalue weighted by molar-refractivity contribution is 0.411. The van der Waals surface area contributed by atoms with Gasteiger partial charge in [-0.2, -0.15) is 0 Å². The normalized spacial score (nSPS) is 11.4. The number of hydrogen-bond donors (Lipinski definition) is 0. The van der Waals surface area contributed by atoms with Crippen molar-refractivity contribution in [2.24, 2.45) is 0 Å². The summed E-state index contributed by atoms with van der Waals surface area (Å²) in [6.45, 7) is 5.10. The zero-order valence-electron chi connectivity index (χ0n) is 17.8. The Labute approximate surface area is 190 Å². The van der Waals surface area contributed by atoms with E-state index >= 15 is 0 Å². The van der Waals surface area contributed by atoms with Crippen LogP contribution < -0.4 is 9.47 Å². The molecule has 4 nitrogen and oxygen atoms in total. The van der Waals surface area contributed by atoms with Gasteiger partial charge in [-0.05, 0) is 53.6 Å².